The zero-order chi connectivity index (χ0) is 14.5. The van der Waals surface area contributed by atoms with Crippen molar-refractivity contribution in [1.82, 2.24) is 9.55 Å². The van der Waals surface area contributed by atoms with Gasteiger partial charge in [0.2, 0.25) is 5.95 Å². The van der Waals surface area contributed by atoms with Crippen LogP contribution in [0.5, 0.6) is 0 Å². The van der Waals surface area contributed by atoms with E-state index in [0.717, 1.165) is 0 Å². The molecular formula is C13H10F3N3O. The number of alkyl halides is 2. The summed E-state index contributed by atoms with van der Waals surface area (Å²) in [6.07, 6.45) is -0.231. The first kappa shape index (κ1) is 14.0. The van der Waals surface area contributed by atoms with E-state index in [-0.39, 0.29) is 12.0 Å². The highest BCUT2D eigenvalue weighted by molar-refractivity contribution is 5.79. The van der Waals surface area contributed by atoms with E-state index in [9.17, 15) is 18.0 Å². The van der Waals surface area contributed by atoms with Gasteiger partial charge in [-0.15, -0.1) is 0 Å². The number of rotatable bonds is 3. The number of amides is 1. The van der Waals surface area contributed by atoms with Crippen LogP contribution in [-0.2, 0) is 11.3 Å². The van der Waals surface area contributed by atoms with Gasteiger partial charge in [0, 0.05) is 12.4 Å². The average molecular weight is 281 g/mol. The van der Waals surface area contributed by atoms with Crippen LogP contribution in [-0.4, -0.2) is 21.9 Å². The molecule has 0 aliphatic carbocycles. The Morgan fingerprint density at radius 2 is 2.10 bits per heavy atom. The van der Waals surface area contributed by atoms with Crippen molar-refractivity contribution in [3.63, 3.8) is 0 Å². The van der Waals surface area contributed by atoms with Crippen LogP contribution in [0.1, 0.15) is 5.56 Å². The molecule has 20 heavy (non-hydrogen) atoms. The lowest BCUT2D eigenvalue weighted by Crippen LogP contribution is -2.23. The Balaban J connectivity index is 2.33. The molecule has 2 rings (SSSR count). The van der Waals surface area contributed by atoms with Crippen LogP contribution in [0.4, 0.5) is 13.2 Å². The van der Waals surface area contributed by atoms with E-state index in [1.165, 1.54) is 29.0 Å². The lowest BCUT2D eigenvalue weighted by molar-refractivity contribution is -0.128. The predicted octanol–water partition coefficient (Wildman–Crippen LogP) is 1.76. The van der Waals surface area contributed by atoms with Crippen molar-refractivity contribution in [2.75, 3.05) is 0 Å². The van der Waals surface area contributed by atoms with Crippen LogP contribution in [0.2, 0.25) is 0 Å². The Bertz CT molecular complexity index is 665. The van der Waals surface area contributed by atoms with Crippen LogP contribution in [0.15, 0.2) is 47.7 Å². The third-order valence-electron chi connectivity index (χ3n) is 2.47. The first-order chi connectivity index (χ1) is 9.56. The van der Waals surface area contributed by atoms with Gasteiger partial charge in [0.25, 0.3) is 0 Å². The number of halogens is 3. The summed E-state index contributed by atoms with van der Waals surface area (Å²) in [6, 6.07) is 7.40. The van der Waals surface area contributed by atoms with E-state index in [4.69, 9.17) is 0 Å². The minimum absolute atomic E-state index is 0.0992. The largest absolute Gasteiger partial charge is 0.328 e. The lowest BCUT2D eigenvalue weighted by atomic mass is 10.3. The van der Waals surface area contributed by atoms with Gasteiger partial charge >= 0.3 is 12.3 Å². The monoisotopic (exact) mass is 281 g/mol. The second-order valence-corrected chi connectivity index (χ2v) is 3.93. The summed E-state index contributed by atoms with van der Waals surface area (Å²) in [7, 11) is 0. The SMILES string of the molecule is O=C(/N=c1\ccccn1Cc1ccc(F)nc1)C(F)F. The zero-order valence-corrected chi connectivity index (χ0v) is 10.2. The molecule has 0 saturated carbocycles. The topological polar surface area (TPSA) is 47.2 Å². The van der Waals surface area contributed by atoms with Gasteiger partial charge in [-0.05, 0) is 23.8 Å². The maximum absolute atomic E-state index is 12.7. The number of carbonyl (C=O) groups excluding carboxylic acids is 1. The summed E-state index contributed by atoms with van der Waals surface area (Å²) < 4.78 is 38.6. The van der Waals surface area contributed by atoms with Crippen molar-refractivity contribution in [3.05, 3.63) is 59.7 Å². The molecule has 0 saturated heterocycles. The van der Waals surface area contributed by atoms with E-state index in [1.54, 1.807) is 18.3 Å². The fraction of sp³-hybridized carbons (Fsp3) is 0.154. The van der Waals surface area contributed by atoms with Gasteiger partial charge < -0.3 is 4.57 Å². The summed E-state index contributed by atoms with van der Waals surface area (Å²) in [4.78, 5) is 17.8. The summed E-state index contributed by atoms with van der Waals surface area (Å²) in [5.74, 6) is -2.10. The number of hydrogen-bond acceptors (Lipinski definition) is 2. The molecule has 0 aliphatic heterocycles. The van der Waals surface area contributed by atoms with Gasteiger partial charge in [-0.3, -0.25) is 4.79 Å². The van der Waals surface area contributed by atoms with Crippen LogP contribution < -0.4 is 5.49 Å². The van der Waals surface area contributed by atoms with Crippen molar-refractivity contribution >= 4 is 5.91 Å². The Hall–Kier alpha value is -2.44. The molecule has 0 N–H and O–H groups in total. The second kappa shape index (κ2) is 6.14. The molecule has 1 amide bonds. The van der Waals surface area contributed by atoms with Gasteiger partial charge in [-0.2, -0.15) is 18.2 Å². The Morgan fingerprint density at radius 3 is 2.75 bits per heavy atom. The molecule has 2 aromatic rings. The smallest absolute Gasteiger partial charge is 0.317 e. The highest BCUT2D eigenvalue weighted by Crippen LogP contribution is 2.01. The highest BCUT2D eigenvalue weighted by Gasteiger charge is 2.13. The number of carbonyl (C=O) groups is 1. The summed E-state index contributed by atoms with van der Waals surface area (Å²) >= 11 is 0. The second-order valence-electron chi connectivity index (χ2n) is 3.93. The van der Waals surface area contributed by atoms with Crippen LogP contribution >= 0.6 is 0 Å². The normalized spacial score (nSPS) is 11.9. The minimum atomic E-state index is -3.14. The molecule has 4 nitrogen and oxygen atoms in total. The van der Waals surface area contributed by atoms with E-state index in [1.807, 2.05) is 0 Å². The quantitative estimate of drug-likeness (QED) is 0.805. The molecule has 0 aromatic carbocycles. The maximum atomic E-state index is 12.7. The van der Waals surface area contributed by atoms with Crippen molar-refractivity contribution < 1.29 is 18.0 Å². The molecule has 0 atom stereocenters. The third kappa shape index (κ3) is 3.53. The Morgan fingerprint density at radius 1 is 1.30 bits per heavy atom. The number of aromatic nitrogens is 2. The van der Waals surface area contributed by atoms with Crippen molar-refractivity contribution in [1.29, 1.82) is 0 Å². The van der Waals surface area contributed by atoms with Crippen LogP contribution in [0, 0.1) is 5.95 Å². The highest BCUT2D eigenvalue weighted by atomic mass is 19.3. The first-order valence-corrected chi connectivity index (χ1v) is 5.69. The summed E-state index contributed by atoms with van der Waals surface area (Å²) in [5.41, 5.74) is 0.755. The molecule has 0 aliphatic rings. The van der Waals surface area contributed by atoms with E-state index in [2.05, 4.69) is 9.98 Å². The molecule has 0 unspecified atom stereocenters. The fourth-order valence-corrected chi connectivity index (χ4v) is 1.56. The van der Waals surface area contributed by atoms with Gasteiger partial charge in [0.15, 0.2) is 0 Å². The van der Waals surface area contributed by atoms with Gasteiger partial charge in [0.05, 0.1) is 6.54 Å². The van der Waals surface area contributed by atoms with Crippen molar-refractivity contribution in [2.45, 2.75) is 13.0 Å². The van der Waals surface area contributed by atoms with E-state index in [0.29, 0.717) is 5.56 Å². The average Bonchev–Trinajstić information content (AvgIpc) is 2.43. The molecule has 0 bridgehead atoms. The maximum Gasteiger partial charge on any atom is 0.317 e. The zero-order valence-electron chi connectivity index (χ0n) is 10.2. The number of pyridine rings is 2. The number of hydrogen-bond donors (Lipinski definition) is 0. The molecular weight excluding hydrogens is 271 g/mol. The van der Waals surface area contributed by atoms with Gasteiger partial charge in [-0.25, -0.2) is 4.98 Å². The van der Waals surface area contributed by atoms with E-state index < -0.39 is 18.3 Å². The third-order valence-corrected chi connectivity index (χ3v) is 2.47. The number of nitrogens with zero attached hydrogens (tertiary/aromatic N) is 3. The summed E-state index contributed by atoms with van der Waals surface area (Å²) in [5, 5.41) is 0. The standard InChI is InChI=1S/C13H10F3N3O/c14-10-5-4-9(7-17-10)8-19-6-2-1-3-11(19)18-13(20)12(15)16/h1-7,12H,8H2/b18-11+. The first-order valence-electron chi connectivity index (χ1n) is 5.69. The predicted molar refractivity (Wildman–Crippen MR) is 64.3 cm³/mol. The molecule has 0 spiro atoms. The molecule has 0 fully saturated rings. The van der Waals surface area contributed by atoms with E-state index >= 15 is 0 Å². The lowest BCUT2D eigenvalue weighted by Gasteiger charge is -2.06. The molecule has 2 aromatic heterocycles. The molecule has 104 valence electrons. The molecule has 0 radical (unpaired) electrons. The summed E-state index contributed by atoms with van der Waals surface area (Å²) in [6.45, 7) is 0.240. The van der Waals surface area contributed by atoms with Crippen molar-refractivity contribution in [3.8, 4) is 0 Å². The molecule has 7 heteroatoms. The van der Waals surface area contributed by atoms with Crippen LogP contribution in [0.25, 0.3) is 0 Å². The Labute approximate surface area is 112 Å². The van der Waals surface area contributed by atoms with Gasteiger partial charge in [0.1, 0.15) is 5.49 Å². The van der Waals surface area contributed by atoms with Crippen LogP contribution in [0.3, 0.4) is 0 Å². The molecule has 2 heterocycles. The van der Waals surface area contributed by atoms with Crippen molar-refractivity contribution in [2.24, 2.45) is 4.99 Å². The van der Waals surface area contributed by atoms with Gasteiger partial charge in [-0.1, -0.05) is 12.1 Å². The Kier molecular flexibility index (Phi) is 4.29. The fourth-order valence-electron chi connectivity index (χ4n) is 1.56. The minimum Gasteiger partial charge on any atom is -0.328 e.